The maximum absolute atomic E-state index is 12.5. The van der Waals surface area contributed by atoms with E-state index in [2.05, 4.69) is 5.32 Å². The highest BCUT2D eigenvalue weighted by Crippen LogP contribution is 2.20. The van der Waals surface area contributed by atoms with Gasteiger partial charge in [-0.25, -0.2) is 0 Å². The Morgan fingerprint density at radius 3 is 2.31 bits per heavy atom. The Hall–Kier alpha value is -1.09. The third-order valence-electron chi connectivity index (χ3n) is 4.40. The Morgan fingerprint density at radius 2 is 1.81 bits per heavy atom. The van der Waals surface area contributed by atoms with Crippen LogP contribution in [0.15, 0.2) is 0 Å². The molecule has 3 amide bonds. The number of nitrogens with one attached hydrogen (secondary N) is 1. The number of amides is 3. The molecule has 7 N–H and O–H groups in total. The summed E-state index contributed by atoms with van der Waals surface area (Å²) in [7, 11) is 0. The van der Waals surface area contributed by atoms with Crippen LogP contribution in [-0.4, -0.2) is 53.8 Å². The van der Waals surface area contributed by atoms with Crippen LogP contribution in [0.3, 0.4) is 0 Å². The second-order valence-corrected chi connectivity index (χ2v) is 6.71. The van der Waals surface area contributed by atoms with Crippen molar-refractivity contribution in [2.75, 3.05) is 13.1 Å². The third kappa shape index (κ3) is 7.65. The molecule has 3 atom stereocenters. The van der Waals surface area contributed by atoms with Crippen molar-refractivity contribution in [2.24, 2.45) is 23.1 Å². The van der Waals surface area contributed by atoms with E-state index in [1.54, 1.807) is 13.8 Å². The monoisotopic (exact) mass is 413 g/mol. The number of rotatable bonds is 9. The van der Waals surface area contributed by atoms with Crippen molar-refractivity contribution in [3.8, 4) is 0 Å². The van der Waals surface area contributed by atoms with E-state index in [0.29, 0.717) is 25.9 Å². The topological polar surface area (TPSA) is 145 Å². The Balaban J connectivity index is 0. The minimum atomic E-state index is -0.742. The molecule has 0 aromatic carbocycles. The molecule has 1 heterocycles. The van der Waals surface area contributed by atoms with E-state index in [0.717, 1.165) is 19.3 Å². The van der Waals surface area contributed by atoms with Crippen molar-refractivity contribution in [1.82, 2.24) is 10.2 Å². The van der Waals surface area contributed by atoms with Crippen molar-refractivity contribution >= 4 is 42.5 Å². The van der Waals surface area contributed by atoms with Crippen molar-refractivity contribution in [1.29, 1.82) is 0 Å². The van der Waals surface area contributed by atoms with Crippen LogP contribution in [0, 0.1) is 5.92 Å². The van der Waals surface area contributed by atoms with Gasteiger partial charge in [0.15, 0.2) is 0 Å². The molecule has 1 aliphatic heterocycles. The lowest BCUT2D eigenvalue weighted by molar-refractivity contribution is -0.140. The number of carbonyl (C=O) groups is 3. The first-order valence-corrected chi connectivity index (χ1v) is 8.65. The summed E-state index contributed by atoms with van der Waals surface area (Å²) >= 11 is 0. The number of nitrogens with two attached hydrogens (primary N) is 3. The summed E-state index contributed by atoms with van der Waals surface area (Å²) in [6.45, 7) is 4.69. The van der Waals surface area contributed by atoms with Gasteiger partial charge in [-0.1, -0.05) is 20.3 Å². The second-order valence-electron chi connectivity index (χ2n) is 6.71. The van der Waals surface area contributed by atoms with E-state index in [4.69, 9.17) is 17.2 Å². The molecule has 0 unspecified atom stereocenters. The third-order valence-corrected chi connectivity index (χ3v) is 4.40. The lowest BCUT2D eigenvalue weighted by Crippen LogP contribution is -2.55. The average molecular weight is 414 g/mol. The lowest BCUT2D eigenvalue weighted by Gasteiger charge is -2.28. The number of carbonyl (C=O) groups excluding carboxylic acids is 3. The number of primary amides is 1. The number of hydrogen-bond donors (Lipinski definition) is 4. The van der Waals surface area contributed by atoms with E-state index in [9.17, 15) is 14.4 Å². The summed E-state index contributed by atoms with van der Waals surface area (Å²) in [6, 6.07) is -1.95. The minimum absolute atomic E-state index is 0. The van der Waals surface area contributed by atoms with Crippen LogP contribution in [0.1, 0.15) is 46.0 Å². The summed E-state index contributed by atoms with van der Waals surface area (Å²) in [5.74, 6) is -1.25. The fraction of sp³-hybridized carbons (Fsp3) is 0.812. The first kappa shape index (κ1) is 27.1. The number of hydrogen-bond acceptors (Lipinski definition) is 5. The molecule has 8 nitrogen and oxygen atoms in total. The van der Waals surface area contributed by atoms with E-state index < -0.39 is 24.0 Å². The van der Waals surface area contributed by atoms with Gasteiger partial charge in [0.25, 0.3) is 0 Å². The van der Waals surface area contributed by atoms with Crippen LogP contribution in [-0.2, 0) is 14.4 Å². The highest BCUT2D eigenvalue weighted by molar-refractivity contribution is 5.93. The predicted octanol–water partition coefficient (Wildman–Crippen LogP) is -0.0966. The zero-order chi connectivity index (χ0) is 18.3. The van der Waals surface area contributed by atoms with Crippen LogP contribution in [0.5, 0.6) is 0 Å². The predicted molar refractivity (Wildman–Crippen MR) is 106 cm³/mol. The normalized spacial score (nSPS) is 18.5. The Bertz CT molecular complexity index is 465. The molecule has 1 aliphatic rings. The summed E-state index contributed by atoms with van der Waals surface area (Å²) in [5.41, 5.74) is 16.7. The fourth-order valence-electron chi connectivity index (χ4n) is 2.96. The molecular weight excluding hydrogens is 381 g/mol. The molecular formula is C16H33Cl2N5O3. The van der Waals surface area contributed by atoms with Gasteiger partial charge in [0.2, 0.25) is 17.7 Å². The van der Waals surface area contributed by atoms with Crippen molar-refractivity contribution < 1.29 is 14.4 Å². The average Bonchev–Trinajstić information content (AvgIpc) is 3.00. The van der Waals surface area contributed by atoms with E-state index in [-0.39, 0.29) is 42.5 Å². The SMILES string of the molecule is CC(C)[C@H](NC(=O)[C@@H]1CCCN1C(=O)[C@@H](N)CCCCN)C(N)=O.Cl.Cl. The van der Waals surface area contributed by atoms with Gasteiger partial charge in [-0.05, 0) is 38.1 Å². The molecule has 10 heteroatoms. The first-order valence-electron chi connectivity index (χ1n) is 8.65. The Kier molecular flexibility index (Phi) is 13.7. The molecule has 0 aliphatic carbocycles. The lowest BCUT2D eigenvalue weighted by atomic mass is 10.0. The maximum Gasteiger partial charge on any atom is 0.243 e. The van der Waals surface area contributed by atoms with Crippen molar-refractivity contribution in [3.05, 3.63) is 0 Å². The Labute approximate surface area is 167 Å². The number of unbranched alkanes of at least 4 members (excludes halogenated alkanes) is 1. The Morgan fingerprint density at radius 1 is 1.19 bits per heavy atom. The summed E-state index contributed by atoms with van der Waals surface area (Å²) < 4.78 is 0. The molecule has 0 radical (unpaired) electrons. The van der Waals surface area contributed by atoms with Crippen LogP contribution >= 0.6 is 24.8 Å². The highest BCUT2D eigenvalue weighted by Gasteiger charge is 2.37. The molecule has 1 rings (SSSR count). The fourth-order valence-corrected chi connectivity index (χ4v) is 2.96. The van der Waals surface area contributed by atoms with Crippen molar-refractivity contribution in [3.63, 3.8) is 0 Å². The quantitative estimate of drug-likeness (QED) is 0.390. The summed E-state index contributed by atoms with van der Waals surface area (Å²) in [4.78, 5) is 38.0. The zero-order valence-corrected chi connectivity index (χ0v) is 17.1. The molecule has 1 fully saturated rings. The smallest absolute Gasteiger partial charge is 0.243 e. The largest absolute Gasteiger partial charge is 0.368 e. The van der Waals surface area contributed by atoms with Gasteiger partial charge < -0.3 is 27.4 Å². The first-order chi connectivity index (χ1) is 11.3. The van der Waals surface area contributed by atoms with Crippen molar-refractivity contribution in [2.45, 2.75) is 64.1 Å². The van der Waals surface area contributed by atoms with Crippen LogP contribution in [0.4, 0.5) is 0 Å². The van der Waals surface area contributed by atoms with Gasteiger partial charge in [0.1, 0.15) is 12.1 Å². The molecule has 1 saturated heterocycles. The molecule has 0 bridgehead atoms. The maximum atomic E-state index is 12.5. The minimum Gasteiger partial charge on any atom is -0.368 e. The zero-order valence-electron chi connectivity index (χ0n) is 15.5. The molecule has 0 aromatic rings. The second kappa shape index (κ2) is 13.1. The number of nitrogens with zero attached hydrogens (tertiary/aromatic N) is 1. The molecule has 154 valence electrons. The van der Waals surface area contributed by atoms with Gasteiger partial charge in [-0.3, -0.25) is 14.4 Å². The van der Waals surface area contributed by atoms with Gasteiger partial charge >= 0.3 is 0 Å². The molecule has 0 saturated carbocycles. The molecule has 0 aromatic heterocycles. The number of halogens is 2. The van der Waals surface area contributed by atoms with Crippen LogP contribution < -0.4 is 22.5 Å². The van der Waals surface area contributed by atoms with Crippen LogP contribution in [0.25, 0.3) is 0 Å². The van der Waals surface area contributed by atoms with Crippen LogP contribution in [0.2, 0.25) is 0 Å². The van der Waals surface area contributed by atoms with E-state index >= 15 is 0 Å². The summed E-state index contributed by atoms with van der Waals surface area (Å²) in [5, 5.41) is 2.67. The number of likely N-dealkylation sites (tertiary alicyclic amines) is 1. The molecule has 26 heavy (non-hydrogen) atoms. The van der Waals surface area contributed by atoms with Gasteiger partial charge in [-0.2, -0.15) is 0 Å². The van der Waals surface area contributed by atoms with E-state index in [1.807, 2.05) is 0 Å². The standard InChI is InChI=1S/C16H31N5O3.2ClH/c1-10(2)13(14(19)22)20-15(23)12-7-5-9-21(12)16(24)11(18)6-3-4-8-17;;/h10-13H,3-9,17-18H2,1-2H3,(H2,19,22)(H,20,23);2*1H/t11-,12-,13-;;/m0../s1. The van der Waals surface area contributed by atoms with Gasteiger partial charge in [0, 0.05) is 6.54 Å². The molecule has 0 spiro atoms. The van der Waals surface area contributed by atoms with E-state index in [1.165, 1.54) is 4.90 Å². The summed E-state index contributed by atoms with van der Waals surface area (Å²) in [6.07, 6.45) is 3.46. The van der Waals surface area contributed by atoms with Gasteiger partial charge in [-0.15, -0.1) is 24.8 Å². The van der Waals surface area contributed by atoms with Gasteiger partial charge in [0.05, 0.1) is 6.04 Å². The highest BCUT2D eigenvalue weighted by atomic mass is 35.5.